The van der Waals surface area contributed by atoms with Crippen molar-refractivity contribution in [2.75, 3.05) is 18.5 Å². The van der Waals surface area contributed by atoms with E-state index in [1.165, 1.54) is 0 Å². The van der Waals surface area contributed by atoms with Crippen LogP contribution in [0.1, 0.15) is 26.3 Å². The minimum Gasteiger partial charge on any atom is -0.399 e. The Balaban J connectivity index is 2.73. The second-order valence-corrected chi connectivity index (χ2v) is 6.28. The minimum atomic E-state index is -0.536. The summed E-state index contributed by atoms with van der Waals surface area (Å²) in [5.41, 5.74) is 6.81. The smallest absolute Gasteiger partial charge is 0.230 e. The standard InChI is InChI=1S/C14H22N2OS/c1-10(18-4)9-16-13(17)14(2,3)11-5-7-12(15)8-6-11/h5-8,10H,9,15H2,1-4H3,(H,16,17). The maximum Gasteiger partial charge on any atom is 0.230 e. The van der Waals surface area contributed by atoms with Gasteiger partial charge in [-0.1, -0.05) is 19.1 Å². The Labute approximate surface area is 114 Å². The monoisotopic (exact) mass is 266 g/mol. The molecule has 0 aliphatic rings. The zero-order valence-corrected chi connectivity index (χ0v) is 12.3. The van der Waals surface area contributed by atoms with Gasteiger partial charge in [-0.3, -0.25) is 4.79 Å². The van der Waals surface area contributed by atoms with E-state index in [1.54, 1.807) is 11.8 Å². The minimum absolute atomic E-state index is 0.0492. The van der Waals surface area contributed by atoms with Crippen LogP contribution < -0.4 is 11.1 Å². The van der Waals surface area contributed by atoms with Crippen LogP contribution in [0.2, 0.25) is 0 Å². The summed E-state index contributed by atoms with van der Waals surface area (Å²) in [6.07, 6.45) is 2.04. The zero-order valence-electron chi connectivity index (χ0n) is 11.5. The Morgan fingerprint density at radius 2 is 1.94 bits per heavy atom. The molecule has 1 amide bonds. The van der Waals surface area contributed by atoms with Gasteiger partial charge in [0.05, 0.1) is 5.41 Å². The van der Waals surface area contributed by atoms with Gasteiger partial charge >= 0.3 is 0 Å². The van der Waals surface area contributed by atoms with Gasteiger partial charge in [-0.15, -0.1) is 0 Å². The van der Waals surface area contributed by atoms with Crippen molar-refractivity contribution in [3.63, 3.8) is 0 Å². The van der Waals surface area contributed by atoms with Gasteiger partial charge in [-0.2, -0.15) is 11.8 Å². The van der Waals surface area contributed by atoms with Crippen molar-refractivity contribution in [1.82, 2.24) is 5.32 Å². The van der Waals surface area contributed by atoms with Crippen molar-refractivity contribution < 1.29 is 4.79 Å². The molecule has 1 aromatic carbocycles. The van der Waals surface area contributed by atoms with Crippen molar-refractivity contribution in [2.24, 2.45) is 0 Å². The predicted octanol–water partition coefficient (Wildman–Crippen LogP) is 2.41. The molecule has 100 valence electrons. The van der Waals surface area contributed by atoms with Crippen molar-refractivity contribution >= 4 is 23.4 Å². The first-order valence-electron chi connectivity index (χ1n) is 6.05. The quantitative estimate of drug-likeness (QED) is 0.805. The molecule has 0 saturated heterocycles. The molecule has 0 radical (unpaired) electrons. The summed E-state index contributed by atoms with van der Waals surface area (Å²) >= 11 is 1.74. The zero-order chi connectivity index (χ0) is 13.8. The van der Waals surface area contributed by atoms with Gasteiger partial charge < -0.3 is 11.1 Å². The maximum absolute atomic E-state index is 12.2. The number of anilines is 1. The van der Waals surface area contributed by atoms with E-state index >= 15 is 0 Å². The Morgan fingerprint density at radius 1 is 1.39 bits per heavy atom. The van der Waals surface area contributed by atoms with Gasteiger partial charge in [0, 0.05) is 17.5 Å². The van der Waals surface area contributed by atoms with E-state index in [4.69, 9.17) is 5.73 Å². The van der Waals surface area contributed by atoms with Crippen LogP contribution in [0, 0.1) is 0 Å². The molecule has 1 rings (SSSR count). The first kappa shape index (κ1) is 14.9. The molecule has 1 atom stereocenters. The third-order valence-corrected chi connectivity index (χ3v) is 4.12. The summed E-state index contributed by atoms with van der Waals surface area (Å²) in [7, 11) is 0. The van der Waals surface area contributed by atoms with Crippen LogP contribution in [0.25, 0.3) is 0 Å². The maximum atomic E-state index is 12.2. The number of amides is 1. The topological polar surface area (TPSA) is 55.1 Å². The van der Waals surface area contributed by atoms with Gasteiger partial charge in [-0.05, 0) is 37.8 Å². The highest BCUT2D eigenvalue weighted by Gasteiger charge is 2.29. The Morgan fingerprint density at radius 3 is 2.44 bits per heavy atom. The molecular weight excluding hydrogens is 244 g/mol. The third-order valence-electron chi connectivity index (χ3n) is 3.15. The van der Waals surface area contributed by atoms with Crippen LogP contribution >= 0.6 is 11.8 Å². The lowest BCUT2D eigenvalue weighted by molar-refractivity contribution is -0.125. The number of hydrogen-bond acceptors (Lipinski definition) is 3. The summed E-state index contributed by atoms with van der Waals surface area (Å²) in [4.78, 5) is 12.2. The molecule has 0 bridgehead atoms. The molecule has 0 fully saturated rings. The first-order valence-corrected chi connectivity index (χ1v) is 7.34. The molecule has 0 spiro atoms. The van der Waals surface area contributed by atoms with E-state index in [0.717, 1.165) is 5.56 Å². The Kier molecular flexibility index (Phi) is 5.08. The van der Waals surface area contributed by atoms with Crippen LogP contribution in [-0.4, -0.2) is 24.0 Å². The molecule has 3 nitrogen and oxygen atoms in total. The van der Waals surface area contributed by atoms with Gasteiger partial charge in [0.25, 0.3) is 0 Å². The summed E-state index contributed by atoms with van der Waals surface area (Å²) in [6.45, 7) is 6.65. The van der Waals surface area contributed by atoms with Crippen LogP contribution in [0.15, 0.2) is 24.3 Å². The summed E-state index contributed by atoms with van der Waals surface area (Å²) in [6, 6.07) is 7.48. The number of thioether (sulfide) groups is 1. The number of benzene rings is 1. The highest BCUT2D eigenvalue weighted by Crippen LogP contribution is 2.24. The molecule has 4 heteroatoms. The van der Waals surface area contributed by atoms with Crippen molar-refractivity contribution in [2.45, 2.75) is 31.4 Å². The van der Waals surface area contributed by atoms with E-state index in [-0.39, 0.29) is 5.91 Å². The first-order chi connectivity index (χ1) is 8.37. The lowest BCUT2D eigenvalue weighted by Crippen LogP contribution is -2.42. The number of nitrogens with one attached hydrogen (secondary N) is 1. The average Bonchev–Trinajstić information content (AvgIpc) is 2.35. The van der Waals surface area contributed by atoms with Gasteiger partial charge in [-0.25, -0.2) is 0 Å². The summed E-state index contributed by atoms with van der Waals surface area (Å²) in [5, 5.41) is 3.42. The predicted molar refractivity (Wildman–Crippen MR) is 79.9 cm³/mol. The van der Waals surface area contributed by atoms with Gasteiger partial charge in [0.1, 0.15) is 0 Å². The number of hydrogen-bond donors (Lipinski definition) is 2. The summed E-state index contributed by atoms with van der Waals surface area (Å²) < 4.78 is 0. The normalized spacial score (nSPS) is 13.1. The molecule has 0 saturated carbocycles. The highest BCUT2D eigenvalue weighted by atomic mass is 32.2. The molecule has 0 aromatic heterocycles. The largest absolute Gasteiger partial charge is 0.399 e. The summed E-state index contributed by atoms with van der Waals surface area (Å²) in [5.74, 6) is 0.0492. The Bertz CT molecular complexity index is 401. The molecule has 0 heterocycles. The van der Waals surface area contributed by atoms with E-state index in [2.05, 4.69) is 12.2 Å². The fraction of sp³-hybridized carbons (Fsp3) is 0.500. The van der Waals surface area contributed by atoms with Crippen molar-refractivity contribution in [3.8, 4) is 0 Å². The second kappa shape index (κ2) is 6.14. The number of nitrogen functional groups attached to an aromatic ring is 1. The molecule has 0 aliphatic carbocycles. The molecule has 3 N–H and O–H groups in total. The third kappa shape index (κ3) is 3.67. The average molecular weight is 266 g/mol. The number of nitrogens with two attached hydrogens (primary N) is 1. The lowest BCUT2D eigenvalue weighted by Gasteiger charge is -2.25. The van der Waals surface area contributed by atoms with Crippen molar-refractivity contribution in [3.05, 3.63) is 29.8 Å². The van der Waals surface area contributed by atoms with Gasteiger partial charge in [0.15, 0.2) is 0 Å². The SMILES string of the molecule is CSC(C)CNC(=O)C(C)(C)c1ccc(N)cc1. The molecule has 0 aliphatic heterocycles. The van der Waals surface area contributed by atoms with E-state index in [9.17, 15) is 4.79 Å². The van der Waals surface area contributed by atoms with E-state index < -0.39 is 5.41 Å². The lowest BCUT2D eigenvalue weighted by atomic mass is 9.83. The fourth-order valence-corrected chi connectivity index (χ4v) is 1.82. The number of rotatable bonds is 5. The molecule has 1 aromatic rings. The molecule has 18 heavy (non-hydrogen) atoms. The second-order valence-electron chi connectivity index (χ2n) is 5.00. The fourth-order valence-electron chi connectivity index (χ4n) is 1.57. The van der Waals surface area contributed by atoms with Crippen molar-refractivity contribution in [1.29, 1.82) is 0 Å². The Hall–Kier alpha value is -1.16. The number of carbonyl (C=O) groups excluding carboxylic acids is 1. The van der Waals surface area contributed by atoms with E-state index in [0.29, 0.717) is 17.5 Å². The molecular formula is C14H22N2OS. The van der Waals surface area contributed by atoms with Crippen LogP contribution in [0.4, 0.5) is 5.69 Å². The van der Waals surface area contributed by atoms with Crippen LogP contribution in [-0.2, 0) is 10.2 Å². The van der Waals surface area contributed by atoms with Crippen LogP contribution in [0.3, 0.4) is 0 Å². The van der Waals surface area contributed by atoms with Crippen LogP contribution in [0.5, 0.6) is 0 Å². The van der Waals surface area contributed by atoms with Gasteiger partial charge in [0.2, 0.25) is 5.91 Å². The van der Waals surface area contributed by atoms with E-state index in [1.807, 2.05) is 44.4 Å². The number of carbonyl (C=O) groups is 1. The molecule has 1 unspecified atom stereocenters. The highest BCUT2D eigenvalue weighted by molar-refractivity contribution is 7.99.